The van der Waals surface area contributed by atoms with Gasteiger partial charge in [0.25, 0.3) is 11.5 Å². The van der Waals surface area contributed by atoms with E-state index in [2.05, 4.69) is 20.4 Å². The first-order valence-electron chi connectivity index (χ1n) is 7.21. The quantitative estimate of drug-likeness (QED) is 0.890. The summed E-state index contributed by atoms with van der Waals surface area (Å²) in [6.07, 6.45) is 2.10. The average molecular weight is 303 g/mol. The Morgan fingerprint density at radius 1 is 1.36 bits per heavy atom. The second-order valence-electron chi connectivity index (χ2n) is 5.38. The van der Waals surface area contributed by atoms with Gasteiger partial charge in [0, 0.05) is 12.7 Å². The summed E-state index contributed by atoms with van der Waals surface area (Å²) in [7, 11) is 1.77. The number of aromatic amines is 1. The minimum absolute atomic E-state index is 0.156. The van der Waals surface area contributed by atoms with Gasteiger partial charge in [0.2, 0.25) is 0 Å². The number of nitrogens with zero attached hydrogens (tertiary/aromatic N) is 3. The zero-order valence-electron chi connectivity index (χ0n) is 13.5. The van der Waals surface area contributed by atoms with Crippen molar-refractivity contribution in [2.45, 2.75) is 40.2 Å². The van der Waals surface area contributed by atoms with Gasteiger partial charge in [-0.2, -0.15) is 5.10 Å². The van der Waals surface area contributed by atoms with E-state index in [1.54, 1.807) is 18.7 Å². The molecular formula is C15H21N5O2. The maximum Gasteiger partial charge on any atom is 0.261 e. The molecular weight excluding hydrogens is 282 g/mol. The molecule has 0 aliphatic rings. The fourth-order valence-electron chi connectivity index (χ4n) is 2.44. The zero-order valence-corrected chi connectivity index (χ0v) is 13.5. The number of carbonyl (C=O) groups excluding carboxylic acids is 1. The Labute approximate surface area is 128 Å². The molecule has 0 saturated heterocycles. The third kappa shape index (κ3) is 2.79. The molecule has 2 heterocycles. The molecule has 2 N–H and O–H groups in total. The molecule has 0 bridgehead atoms. The van der Waals surface area contributed by atoms with Crippen molar-refractivity contribution >= 4 is 5.91 Å². The molecule has 0 aromatic carbocycles. The van der Waals surface area contributed by atoms with E-state index >= 15 is 0 Å². The lowest BCUT2D eigenvalue weighted by Crippen LogP contribution is -2.35. The van der Waals surface area contributed by atoms with E-state index in [1.165, 1.54) is 6.33 Å². The van der Waals surface area contributed by atoms with Gasteiger partial charge < -0.3 is 10.3 Å². The standard InChI is InChI=1S/C15H21N5O2/c1-6-11(13-16-7-17-20(13)5)19-15(22)12-9(3)8(2)10(4)18-14(12)21/h7,11H,6H2,1-5H3,(H,18,21)(H,19,22)/t11-/m0/s1. The highest BCUT2D eigenvalue weighted by Crippen LogP contribution is 2.16. The van der Waals surface area contributed by atoms with Crippen LogP contribution in [0.15, 0.2) is 11.1 Å². The van der Waals surface area contributed by atoms with Gasteiger partial charge in [0.15, 0.2) is 0 Å². The molecule has 0 radical (unpaired) electrons. The van der Waals surface area contributed by atoms with Crippen molar-refractivity contribution in [3.8, 4) is 0 Å². The third-order valence-electron chi connectivity index (χ3n) is 4.03. The summed E-state index contributed by atoms with van der Waals surface area (Å²) in [5.41, 5.74) is 2.18. The van der Waals surface area contributed by atoms with Crippen molar-refractivity contribution in [2.75, 3.05) is 0 Å². The Bertz CT molecular complexity index is 760. The number of pyridine rings is 1. The first-order chi connectivity index (χ1) is 10.4. The van der Waals surface area contributed by atoms with Gasteiger partial charge in [-0.15, -0.1) is 0 Å². The molecule has 2 rings (SSSR count). The number of aryl methyl sites for hydroxylation is 2. The van der Waals surface area contributed by atoms with Gasteiger partial charge in [-0.25, -0.2) is 4.98 Å². The summed E-state index contributed by atoms with van der Waals surface area (Å²) < 4.78 is 1.62. The predicted octanol–water partition coefficient (Wildman–Crippen LogP) is 1.31. The van der Waals surface area contributed by atoms with Crippen molar-refractivity contribution in [3.05, 3.63) is 44.9 Å². The molecule has 22 heavy (non-hydrogen) atoms. The summed E-state index contributed by atoms with van der Waals surface area (Å²) in [5, 5.41) is 6.88. The molecule has 7 nitrogen and oxygen atoms in total. The van der Waals surface area contributed by atoms with Crippen molar-refractivity contribution in [3.63, 3.8) is 0 Å². The number of H-pyrrole nitrogens is 1. The Morgan fingerprint density at radius 3 is 2.59 bits per heavy atom. The molecule has 0 aliphatic heterocycles. The van der Waals surface area contributed by atoms with E-state index in [9.17, 15) is 9.59 Å². The van der Waals surface area contributed by atoms with Crippen LogP contribution in [-0.2, 0) is 7.05 Å². The molecule has 2 aromatic rings. The van der Waals surface area contributed by atoms with Crippen LogP contribution in [0.25, 0.3) is 0 Å². The number of carbonyl (C=O) groups is 1. The van der Waals surface area contributed by atoms with Crippen LogP contribution in [0.3, 0.4) is 0 Å². The normalized spacial score (nSPS) is 12.2. The summed E-state index contributed by atoms with van der Waals surface area (Å²) >= 11 is 0. The average Bonchev–Trinajstić information content (AvgIpc) is 2.88. The molecule has 118 valence electrons. The van der Waals surface area contributed by atoms with Crippen LogP contribution in [0.1, 0.15) is 52.4 Å². The van der Waals surface area contributed by atoms with Gasteiger partial charge in [-0.3, -0.25) is 14.3 Å². The van der Waals surface area contributed by atoms with E-state index in [0.717, 1.165) is 11.3 Å². The van der Waals surface area contributed by atoms with Crippen molar-refractivity contribution in [1.29, 1.82) is 0 Å². The molecule has 0 fully saturated rings. The van der Waals surface area contributed by atoms with Gasteiger partial charge in [0.05, 0.1) is 6.04 Å². The Kier molecular flexibility index (Phi) is 4.44. The topological polar surface area (TPSA) is 92.7 Å². The van der Waals surface area contributed by atoms with Crippen molar-refractivity contribution < 1.29 is 4.79 Å². The largest absolute Gasteiger partial charge is 0.342 e. The number of aromatic nitrogens is 4. The monoisotopic (exact) mass is 303 g/mol. The number of hydrogen-bond acceptors (Lipinski definition) is 4. The lowest BCUT2D eigenvalue weighted by Gasteiger charge is -2.17. The number of hydrogen-bond donors (Lipinski definition) is 2. The Morgan fingerprint density at radius 2 is 2.05 bits per heavy atom. The maximum atomic E-state index is 12.5. The van der Waals surface area contributed by atoms with E-state index < -0.39 is 5.91 Å². The first-order valence-corrected chi connectivity index (χ1v) is 7.21. The number of rotatable bonds is 4. The second-order valence-corrected chi connectivity index (χ2v) is 5.38. The Balaban J connectivity index is 2.35. The van der Waals surface area contributed by atoms with Gasteiger partial charge >= 0.3 is 0 Å². The molecule has 0 unspecified atom stereocenters. The predicted molar refractivity (Wildman–Crippen MR) is 82.8 cm³/mol. The van der Waals surface area contributed by atoms with E-state index in [4.69, 9.17) is 0 Å². The van der Waals surface area contributed by atoms with Crippen LogP contribution < -0.4 is 10.9 Å². The number of nitrogens with one attached hydrogen (secondary N) is 2. The lowest BCUT2D eigenvalue weighted by atomic mass is 10.0. The smallest absolute Gasteiger partial charge is 0.261 e. The fraction of sp³-hybridized carbons (Fsp3) is 0.467. The minimum Gasteiger partial charge on any atom is -0.342 e. The van der Waals surface area contributed by atoms with E-state index in [1.807, 2.05) is 20.8 Å². The van der Waals surface area contributed by atoms with Crippen LogP contribution in [0.5, 0.6) is 0 Å². The molecule has 1 amide bonds. The highest BCUT2D eigenvalue weighted by Gasteiger charge is 2.22. The van der Waals surface area contributed by atoms with E-state index in [0.29, 0.717) is 17.8 Å². The van der Waals surface area contributed by atoms with Crippen molar-refractivity contribution in [2.24, 2.45) is 7.05 Å². The molecule has 0 aliphatic carbocycles. The summed E-state index contributed by atoms with van der Waals surface area (Å²) in [4.78, 5) is 31.5. The summed E-state index contributed by atoms with van der Waals surface area (Å²) in [5.74, 6) is 0.269. The first kappa shape index (κ1) is 15.9. The SMILES string of the molecule is CC[C@H](NC(=O)c1c(C)c(C)c(C)[nH]c1=O)c1ncnn1C. The van der Waals surface area contributed by atoms with E-state index in [-0.39, 0.29) is 17.2 Å². The molecule has 7 heteroatoms. The third-order valence-corrected chi connectivity index (χ3v) is 4.03. The van der Waals surface area contributed by atoms with Crippen LogP contribution in [-0.4, -0.2) is 25.7 Å². The van der Waals surface area contributed by atoms with Gasteiger partial charge in [-0.1, -0.05) is 6.92 Å². The minimum atomic E-state index is -0.392. The summed E-state index contributed by atoms with van der Waals surface area (Å²) in [6.45, 7) is 7.43. The van der Waals surface area contributed by atoms with Gasteiger partial charge in [0.1, 0.15) is 17.7 Å². The van der Waals surface area contributed by atoms with Gasteiger partial charge in [-0.05, 0) is 38.3 Å². The summed E-state index contributed by atoms with van der Waals surface area (Å²) in [6, 6.07) is -0.291. The lowest BCUT2D eigenvalue weighted by molar-refractivity contribution is 0.0930. The van der Waals surface area contributed by atoms with Crippen LogP contribution >= 0.6 is 0 Å². The van der Waals surface area contributed by atoms with Crippen LogP contribution in [0.4, 0.5) is 0 Å². The molecule has 1 atom stereocenters. The molecule has 0 saturated carbocycles. The second kappa shape index (κ2) is 6.13. The van der Waals surface area contributed by atoms with Crippen LogP contribution in [0, 0.1) is 20.8 Å². The fourth-order valence-corrected chi connectivity index (χ4v) is 2.44. The highest BCUT2D eigenvalue weighted by atomic mass is 16.2. The number of amides is 1. The molecule has 2 aromatic heterocycles. The maximum absolute atomic E-state index is 12.5. The van der Waals surface area contributed by atoms with Crippen molar-refractivity contribution in [1.82, 2.24) is 25.1 Å². The van der Waals surface area contributed by atoms with Crippen LogP contribution in [0.2, 0.25) is 0 Å². The molecule has 0 spiro atoms. The Hall–Kier alpha value is -2.44. The zero-order chi connectivity index (χ0) is 16.4. The highest BCUT2D eigenvalue weighted by molar-refractivity contribution is 5.95.